The molecular weight excluding hydrogens is 170 g/mol. The Balaban J connectivity index is 2.33. The number of aromatic nitrogens is 1. The van der Waals surface area contributed by atoms with E-state index >= 15 is 0 Å². The third kappa shape index (κ3) is 1.42. The summed E-state index contributed by atoms with van der Waals surface area (Å²) in [5.41, 5.74) is 6.36. The number of anilines is 1. The zero-order valence-corrected chi connectivity index (χ0v) is 7.33. The lowest BCUT2D eigenvalue weighted by Gasteiger charge is -2.04. The molecule has 1 aromatic heterocycles. The quantitative estimate of drug-likeness (QED) is 0.598. The standard InChI is InChI=1S/C8H11N3O2/c1-4-10-6-3-2-5(9)7(12)11-8(6)13-4/h5H,2-3,9H2,1H3,(H,11,12). The number of fused-ring (bicyclic) bond motifs is 1. The van der Waals surface area contributed by atoms with Gasteiger partial charge in [0, 0.05) is 6.92 Å². The van der Waals surface area contributed by atoms with Gasteiger partial charge in [-0.15, -0.1) is 0 Å². The molecule has 1 aliphatic heterocycles. The molecule has 0 bridgehead atoms. The van der Waals surface area contributed by atoms with Gasteiger partial charge in [-0.2, -0.15) is 0 Å². The van der Waals surface area contributed by atoms with Gasteiger partial charge in [0.1, 0.15) is 5.69 Å². The number of hydrogen-bond donors (Lipinski definition) is 2. The largest absolute Gasteiger partial charge is 0.425 e. The molecule has 5 heteroatoms. The Hall–Kier alpha value is -1.36. The van der Waals surface area contributed by atoms with Crippen LogP contribution in [0.5, 0.6) is 0 Å². The molecule has 0 aliphatic carbocycles. The Morgan fingerprint density at radius 1 is 1.69 bits per heavy atom. The lowest BCUT2D eigenvalue weighted by atomic mass is 10.1. The monoisotopic (exact) mass is 181 g/mol. The van der Waals surface area contributed by atoms with E-state index in [0.29, 0.717) is 24.6 Å². The summed E-state index contributed by atoms with van der Waals surface area (Å²) in [6.45, 7) is 1.75. The van der Waals surface area contributed by atoms with E-state index in [0.717, 1.165) is 5.69 Å². The fraction of sp³-hybridized carbons (Fsp3) is 0.500. The number of nitrogens with zero attached hydrogens (tertiary/aromatic N) is 1. The van der Waals surface area contributed by atoms with E-state index in [1.54, 1.807) is 6.92 Å². The first-order valence-corrected chi connectivity index (χ1v) is 4.19. The molecular formula is C8H11N3O2. The Morgan fingerprint density at radius 3 is 3.23 bits per heavy atom. The molecule has 0 radical (unpaired) electrons. The number of carbonyl (C=O) groups excluding carboxylic acids is 1. The molecule has 3 N–H and O–H groups in total. The van der Waals surface area contributed by atoms with Crippen molar-refractivity contribution in [2.45, 2.75) is 25.8 Å². The maximum Gasteiger partial charge on any atom is 0.243 e. The molecule has 1 atom stereocenters. The van der Waals surface area contributed by atoms with Crippen LogP contribution >= 0.6 is 0 Å². The molecule has 0 spiro atoms. The third-order valence-corrected chi connectivity index (χ3v) is 2.07. The van der Waals surface area contributed by atoms with Crippen molar-refractivity contribution in [1.29, 1.82) is 0 Å². The zero-order chi connectivity index (χ0) is 9.42. The number of nitrogens with one attached hydrogen (secondary N) is 1. The first-order valence-electron chi connectivity index (χ1n) is 4.19. The van der Waals surface area contributed by atoms with Crippen molar-refractivity contribution < 1.29 is 9.21 Å². The summed E-state index contributed by atoms with van der Waals surface area (Å²) < 4.78 is 5.21. The molecule has 1 aliphatic rings. The van der Waals surface area contributed by atoms with Gasteiger partial charge in [0.05, 0.1) is 6.04 Å². The van der Waals surface area contributed by atoms with Gasteiger partial charge in [-0.05, 0) is 12.8 Å². The number of oxazole rings is 1. The summed E-state index contributed by atoms with van der Waals surface area (Å²) in [6.07, 6.45) is 1.30. The van der Waals surface area contributed by atoms with Crippen molar-refractivity contribution in [2.75, 3.05) is 5.32 Å². The maximum atomic E-state index is 11.3. The Bertz CT molecular complexity index is 345. The average Bonchev–Trinajstić information content (AvgIpc) is 2.36. The van der Waals surface area contributed by atoms with Crippen LogP contribution in [0, 0.1) is 6.92 Å². The summed E-state index contributed by atoms with van der Waals surface area (Å²) in [7, 11) is 0. The highest BCUT2D eigenvalue weighted by Crippen LogP contribution is 2.21. The fourth-order valence-corrected chi connectivity index (χ4v) is 1.37. The van der Waals surface area contributed by atoms with Gasteiger partial charge in [0.2, 0.25) is 11.8 Å². The minimum absolute atomic E-state index is 0.199. The van der Waals surface area contributed by atoms with Crippen molar-refractivity contribution in [3.63, 3.8) is 0 Å². The van der Waals surface area contributed by atoms with Crippen LogP contribution in [-0.4, -0.2) is 16.9 Å². The van der Waals surface area contributed by atoms with E-state index in [9.17, 15) is 4.79 Å². The first-order chi connectivity index (χ1) is 6.16. The number of hydrogen-bond acceptors (Lipinski definition) is 4. The van der Waals surface area contributed by atoms with Crippen molar-refractivity contribution >= 4 is 11.8 Å². The minimum atomic E-state index is -0.454. The van der Waals surface area contributed by atoms with Gasteiger partial charge >= 0.3 is 0 Å². The number of nitrogens with two attached hydrogens (primary N) is 1. The van der Waals surface area contributed by atoms with Crippen molar-refractivity contribution in [3.05, 3.63) is 11.6 Å². The summed E-state index contributed by atoms with van der Waals surface area (Å²) in [6, 6.07) is -0.454. The van der Waals surface area contributed by atoms with Crippen LogP contribution in [0.1, 0.15) is 18.0 Å². The number of amides is 1. The molecule has 2 heterocycles. The first kappa shape index (κ1) is 8.25. The van der Waals surface area contributed by atoms with Crippen LogP contribution in [0.15, 0.2) is 4.42 Å². The lowest BCUT2D eigenvalue weighted by Crippen LogP contribution is -2.34. The third-order valence-electron chi connectivity index (χ3n) is 2.07. The second kappa shape index (κ2) is 2.85. The molecule has 1 unspecified atom stereocenters. The second-order valence-electron chi connectivity index (χ2n) is 3.14. The molecule has 0 saturated heterocycles. The highest BCUT2D eigenvalue weighted by atomic mass is 16.4. The van der Waals surface area contributed by atoms with Crippen LogP contribution < -0.4 is 11.1 Å². The van der Waals surface area contributed by atoms with E-state index in [-0.39, 0.29) is 5.91 Å². The van der Waals surface area contributed by atoms with Crippen LogP contribution in [0.3, 0.4) is 0 Å². The molecule has 0 fully saturated rings. The highest BCUT2D eigenvalue weighted by molar-refractivity contribution is 5.94. The van der Waals surface area contributed by atoms with Gasteiger partial charge in [-0.1, -0.05) is 0 Å². The predicted octanol–water partition coefficient (Wildman–Crippen LogP) is 0.195. The molecule has 2 rings (SSSR count). The molecule has 5 nitrogen and oxygen atoms in total. The number of aryl methyl sites for hydroxylation is 2. The molecule has 1 aromatic rings. The predicted molar refractivity (Wildman–Crippen MR) is 46.2 cm³/mol. The zero-order valence-electron chi connectivity index (χ0n) is 7.33. The molecule has 13 heavy (non-hydrogen) atoms. The summed E-state index contributed by atoms with van der Waals surface area (Å²) in [5, 5.41) is 2.60. The summed E-state index contributed by atoms with van der Waals surface area (Å²) in [4.78, 5) is 15.4. The lowest BCUT2D eigenvalue weighted by molar-refractivity contribution is -0.117. The van der Waals surface area contributed by atoms with E-state index < -0.39 is 6.04 Å². The fourth-order valence-electron chi connectivity index (χ4n) is 1.37. The minimum Gasteiger partial charge on any atom is -0.425 e. The van der Waals surface area contributed by atoms with Crippen LogP contribution in [-0.2, 0) is 11.2 Å². The molecule has 0 aromatic carbocycles. The van der Waals surface area contributed by atoms with E-state index in [1.807, 2.05) is 0 Å². The van der Waals surface area contributed by atoms with Crippen molar-refractivity contribution in [3.8, 4) is 0 Å². The van der Waals surface area contributed by atoms with Crippen molar-refractivity contribution in [1.82, 2.24) is 4.98 Å². The smallest absolute Gasteiger partial charge is 0.243 e. The second-order valence-corrected chi connectivity index (χ2v) is 3.14. The van der Waals surface area contributed by atoms with Crippen LogP contribution in [0.4, 0.5) is 5.88 Å². The normalized spacial score (nSPS) is 22.0. The van der Waals surface area contributed by atoms with Crippen LogP contribution in [0.25, 0.3) is 0 Å². The summed E-state index contributed by atoms with van der Waals surface area (Å²) in [5.74, 6) is 0.825. The Morgan fingerprint density at radius 2 is 2.46 bits per heavy atom. The molecule has 1 amide bonds. The van der Waals surface area contributed by atoms with E-state index in [4.69, 9.17) is 10.2 Å². The Kier molecular flexibility index (Phi) is 1.81. The number of carbonyl (C=O) groups is 1. The molecule has 70 valence electrons. The van der Waals surface area contributed by atoms with E-state index in [1.165, 1.54) is 0 Å². The van der Waals surface area contributed by atoms with Gasteiger partial charge in [-0.3, -0.25) is 10.1 Å². The van der Waals surface area contributed by atoms with Crippen LogP contribution in [0.2, 0.25) is 0 Å². The van der Waals surface area contributed by atoms with E-state index in [2.05, 4.69) is 10.3 Å². The van der Waals surface area contributed by atoms with Gasteiger partial charge < -0.3 is 10.2 Å². The SMILES string of the molecule is Cc1nc2c(o1)NC(=O)C(N)CC2. The van der Waals surface area contributed by atoms with Crippen molar-refractivity contribution in [2.24, 2.45) is 5.73 Å². The maximum absolute atomic E-state index is 11.3. The number of rotatable bonds is 0. The highest BCUT2D eigenvalue weighted by Gasteiger charge is 2.23. The summed E-state index contributed by atoms with van der Waals surface area (Å²) >= 11 is 0. The average molecular weight is 181 g/mol. The van der Waals surface area contributed by atoms with Gasteiger partial charge in [-0.25, -0.2) is 4.98 Å². The Labute approximate surface area is 75.3 Å². The van der Waals surface area contributed by atoms with Gasteiger partial charge in [0.15, 0.2) is 5.89 Å². The topological polar surface area (TPSA) is 81.2 Å². The molecule has 0 saturated carbocycles. The van der Waals surface area contributed by atoms with Gasteiger partial charge in [0.25, 0.3) is 0 Å².